The van der Waals surface area contributed by atoms with Crippen LogP contribution in [0, 0.1) is 24.7 Å². The maximum absolute atomic E-state index is 6.46. The zero-order valence-electron chi connectivity index (χ0n) is 25.4. The second-order valence-electron chi connectivity index (χ2n) is 13.5. The monoisotopic (exact) mass is 769 g/mol. The number of anilines is 3. The first-order chi connectivity index (χ1) is 21.4. The van der Waals surface area contributed by atoms with E-state index in [1.807, 2.05) is 36.7 Å². The van der Waals surface area contributed by atoms with Crippen molar-refractivity contribution in [3.63, 3.8) is 0 Å². The van der Waals surface area contributed by atoms with Crippen LogP contribution in [0.1, 0.15) is 45.6 Å². The Morgan fingerprint density at radius 3 is 2.47 bits per heavy atom. The maximum atomic E-state index is 6.46. The van der Waals surface area contributed by atoms with Crippen molar-refractivity contribution in [1.29, 1.82) is 0 Å². The van der Waals surface area contributed by atoms with Crippen molar-refractivity contribution in [2.75, 3.05) is 9.80 Å². The fourth-order valence-corrected chi connectivity index (χ4v) is 7.19. The topological polar surface area (TPSA) is 46.4 Å². The smallest absolute Gasteiger partial charge is 0.135 e. The van der Waals surface area contributed by atoms with E-state index in [1.165, 1.54) is 24.8 Å². The fraction of sp³-hybridized carbons (Fsp3) is 0.237. The van der Waals surface area contributed by atoms with E-state index in [4.69, 9.17) is 14.7 Å². The molecule has 3 aromatic carbocycles. The van der Waals surface area contributed by atoms with Crippen molar-refractivity contribution < 1.29 is 25.8 Å². The van der Waals surface area contributed by atoms with Crippen molar-refractivity contribution in [2.24, 2.45) is 5.92 Å². The Hall–Kier alpha value is -4.15. The number of para-hydroxylation sites is 1. The van der Waals surface area contributed by atoms with Crippen molar-refractivity contribution >= 4 is 39.0 Å². The molecule has 3 aliphatic carbocycles. The molecule has 3 fully saturated rings. The van der Waals surface area contributed by atoms with E-state index in [2.05, 4.69) is 109 Å². The molecule has 3 aromatic heterocycles. The molecule has 0 unspecified atom stereocenters. The minimum atomic E-state index is 0. The Labute approximate surface area is 277 Å². The van der Waals surface area contributed by atoms with Crippen LogP contribution < -0.4 is 14.5 Å². The van der Waals surface area contributed by atoms with Crippen molar-refractivity contribution in [2.45, 2.75) is 51.0 Å². The molecule has 1 aliphatic heterocycles. The third kappa shape index (κ3) is 4.40. The number of nitrogens with zero attached hydrogens (tertiary/aromatic N) is 5. The third-order valence-electron chi connectivity index (χ3n) is 9.63. The van der Waals surface area contributed by atoms with Gasteiger partial charge in [0.25, 0.3) is 0 Å². The van der Waals surface area contributed by atoms with Crippen LogP contribution in [0.4, 0.5) is 17.2 Å². The molecule has 0 amide bonds. The predicted molar refractivity (Wildman–Crippen MR) is 175 cm³/mol. The average molecular weight is 770 g/mol. The van der Waals surface area contributed by atoms with Gasteiger partial charge in [0, 0.05) is 56.0 Å². The second kappa shape index (κ2) is 10.2. The molecule has 0 radical (unpaired) electrons. The van der Waals surface area contributed by atoms with Crippen molar-refractivity contribution in [3.8, 4) is 17.3 Å². The van der Waals surface area contributed by atoms with Gasteiger partial charge in [-0.05, 0) is 71.9 Å². The normalized spacial score (nSPS) is 20.0. The number of ether oxygens (including phenoxy) is 1. The third-order valence-corrected chi connectivity index (χ3v) is 9.63. The van der Waals surface area contributed by atoms with Gasteiger partial charge in [0.05, 0.1) is 5.69 Å². The number of benzene rings is 3. The molecule has 0 saturated heterocycles. The summed E-state index contributed by atoms with van der Waals surface area (Å²) >= 11 is 0. The molecule has 7 heteroatoms. The average Bonchev–Trinajstić information content (AvgIpc) is 3.52. The summed E-state index contributed by atoms with van der Waals surface area (Å²) < 4.78 is 8.65. The number of hydrogen-bond donors (Lipinski definition) is 0. The minimum Gasteiger partial charge on any atom is -0.509 e. The molecule has 4 aliphatic rings. The number of aromatic nitrogens is 3. The van der Waals surface area contributed by atoms with E-state index in [-0.39, 0.29) is 32.0 Å². The number of rotatable bonds is 5. The molecule has 228 valence electrons. The fourth-order valence-electron chi connectivity index (χ4n) is 7.19. The molecular weight excluding hydrogens is 738 g/mol. The van der Waals surface area contributed by atoms with Crippen LogP contribution >= 0.6 is 0 Å². The zero-order chi connectivity index (χ0) is 29.6. The summed E-state index contributed by atoms with van der Waals surface area (Å²) in [6.45, 7) is 8.88. The quantitative estimate of drug-likeness (QED) is 0.164. The van der Waals surface area contributed by atoms with E-state index in [9.17, 15) is 0 Å². The van der Waals surface area contributed by atoms with E-state index < -0.39 is 0 Å². The zero-order valence-corrected chi connectivity index (χ0v) is 27.7. The van der Waals surface area contributed by atoms with Gasteiger partial charge in [-0.1, -0.05) is 44.5 Å². The molecule has 0 atom stereocenters. The van der Waals surface area contributed by atoms with Gasteiger partial charge in [0.1, 0.15) is 11.6 Å². The summed E-state index contributed by atoms with van der Waals surface area (Å²) in [6.07, 6.45) is 7.55. The van der Waals surface area contributed by atoms with Crippen LogP contribution in [0.5, 0.6) is 11.5 Å². The summed E-state index contributed by atoms with van der Waals surface area (Å²) in [5, 5.41) is 2.27. The van der Waals surface area contributed by atoms with E-state index in [0.717, 1.165) is 50.7 Å². The van der Waals surface area contributed by atoms with Crippen LogP contribution in [0.2, 0.25) is 0 Å². The van der Waals surface area contributed by atoms with Gasteiger partial charge >= 0.3 is 0 Å². The Morgan fingerprint density at radius 1 is 0.844 bits per heavy atom. The Bertz CT molecular complexity index is 2080. The second-order valence-corrected chi connectivity index (χ2v) is 13.5. The standard InChI is InChI=1S/C38H32N5O.Pt/c1-37(2,3)26-15-17-39-35(18-26)43-32-11-5-4-10-30(32)31-14-13-29(20-34(31)43)44-28-9-6-8-27(19-28)41-24-42(38-21-25(22-38)23-38)36-33(41)12-7-16-40-36;/h4-18,24-25H,21-23H2,1-3H3;/q-3;. The van der Waals surface area contributed by atoms with E-state index in [1.54, 1.807) is 0 Å². The molecule has 0 spiro atoms. The molecule has 2 bridgehead atoms. The van der Waals surface area contributed by atoms with Gasteiger partial charge in [-0.15, -0.1) is 48.1 Å². The van der Waals surface area contributed by atoms with Crippen LogP contribution in [-0.2, 0) is 26.5 Å². The molecular formula is C38H32N5OPt-3. The van der Waals surface area contributed by atoms with Crippen molar-refractivity contribution in [3.05, 3.63) is 116 Å². The summed E-state index contributed by atoms with van der Waals surface area (Å²) in [4.78, 5) is 14.2. The van der Waals surface area contributed by atoms with Crippen LogP contribution in [0.3, 0.4) is 0 Å². The van der Waals surface area contributed by atoms with Gasteiger partial charge in [-0.25, -0.2) is 9.97 Å². The van der Waals surface area contributed by atoms with Gasteiger partial charge in [-0.3, -0.25) is 0 Å². The minimum absolute atomic E-state index is 0. The van der Waals surface area contributed by atoms with Gasteiger partial charge in [0.2, 0.25) is 0 Å². The maximum Gasteiger partial charge on any atom is 0.135 e. The number of hydrogen-bond acceptors (Lipinski definition) is 5. The summed E-state index contributed by atoms with van der Waals surface area (Å²) in [5.41, 5.74) is 5.50. The Kier molecular flexibility index (Phi) is 6.41. The van der Waals surface area contributed by atoms with Crippen molar-refractivity contribution in [1.82, 2.24) is 14.5 Å². The van der Waals surface area contributed by atoms with Gasteiger partial charge < -0.3 is 19.1 Å². The molecule has 0 N–H and O–H groups in total. The molecule has 4 heterocycles. The van der Waals surface area contributed by atoms with Crippen LogP contribution in [-0.4, -0.2) is 20.1 Å². The molecule has 6 nitrogen and oxygen atoms in total. The van der Waals surface area contributed by atoms with E-state index in [0.29, 0.717) is 11.5 Å². The van der Waals surface area contributed by atoms with Gasteiger partial charge in [0.15, 0.2) is 0 Å². The molecule has 10 rings (SSSR count). The number of fused-ring (bicyclic) bond motifs is 4. The molecule has 45 heavy (non-hydrogen) atoms. The number of pyridine rings is 2. The first-order valence-corrected chi connectivity index (χ1v) is 15.4. The molecule has 3 saturated carbocycles. The SMILES string of the molecule is CC(C)(C)c1ccnc(-n2c3[c-]c(Oc4[c-]c(N5[CH-]N(C67CC(C6)C7)c6ncccc65)ccc4)ccc3c3ccccc32)c1.[Pt]. The van der Waals surface area contributed by atoms with E-state index >= 15 is 0 Å². The predicted octanol–water partition coefficient (Wildman–Crippen LogP) is 8.89. The Balaban J connectivity index is 0.00000300. The summed E-state index contributed by atoms with van der Waals surface area (Å²) in [6, 6.07) is 34.1. The Morgan fingerprint density at radius 2 is 1.67 bits per heavy atom. The summed E-state index contributed by atoms with van der Waals surface area (Å²) in [7, 11) is 0. The first kappa shape index (κ1) is 28.3. The van der Waals surface area contributed by atoms with Crippen LogP contribution in [0.25, 0.3) is 27.6 Å². The summed E-state index contributed by atoms with van der Waals surface area (Å²) in [5.74, 6) is 4.05. The van der Waals surface area contributed by atoms with Crippen LogP contribution in [0.15, 0.2) is 91.3 Å². The first-order valence-electron chi connectivity index (χ1n) is 15.4. The van der Waals surface area contributed by atoms with Gasteiger partial charge in [-0.2, -0.15) is 12.1 Å². The molecule has 6 aromatic rings. The largest absolute Gasteiger partial charge is 0.509 e.